The predicted molar refractivity (Wildman–Crippen MR) is 139 cm³/mol. The second kappa shape index (κ2) is 11.4. The molecule has 0 unspecified atom stereocenters. The predicted octanol–water partition coefficient (Wildman–Crippen LogP) is 6.02. The smallest absolute Gasteiger partial charge is 0.257 e. The van der Waals surface area contributed by atoms with Crippen LogP contribution < -0.4 is 10.9 Å². The van der Waals surface area contributed by atoms with E-state index in [-0.39, 0.29) is 23.2 Å². The second-order valence-electron chi connectivity index (χ2n) is 9.12. The van der Waals surface area contributed by atoms with E-state index in [4.69, 9.17) is 16.9 Å². The number of aryl methyl sites for hydroxylation is 2. The SMILES string of the molecule is Cc1ccc(Cl)c(Nc2cc(=O)n(CCCC#N)cc2C(=O)N2CCC(c3ccc(F)cc3)CC2)c1. The monoisotopic (exact) mass is 506 g/mol. The number of nitrogens with one attached hydrogen (secondary N) is 1. The van der Waals surface area contributed by atoms with Gasteiger partial charge in [-0.1, -0.05) is 29.8 Å². The molecular weight excluding hydrogens is 479 g/mol. The lowest BCUT2D eigenvalue weighted by Gasteiger charge is -2.33. The number of amides is 1. The van der Waals surface area contributed by atoms with E-state index in [1.54, 1.807) is 17.2 Å². The summed E-state index contributed by atoms with van der Waals surface area (Å²) in [6.45, 7) is 3.40. The first-order valence-corrected chi connectivity index (χ1v) is 12.4. The normalized spacial score (nSPS) is 13.9. The van der Waals surface area contributed by atoms with Crippen LogP contribution in [0.1, 0.15) is 53.1 Å². The number of carbonyl (C=O) groups is 1. The van der Waals surface area contributed by atoms with E-state index in [1.807, 2.05) is 31.2 Å². The lowest BCUT2D eigenvalue weighted by molar-refractivity contribution is 0.0713. The molecule has 1 aliphatic heterocycles. The molecule has 1 aromatic heterocycles. The number of carbonyl (C=O) groups excluding carboxylic acids is 1. The number of hydrogen-bond donors (Lipinski definition) is 1. The Morgan fingerprint density at radius 2 is 1.86 bits per heavy atom. The Labute approximate surface area is 214 Å². The minimum absolute atomic E-state index is 0.173. The average molecular weight is 507 g/mol. The molecule has 1 N–H and O–H groups in total. The zero-order valence-corrected chi connectivity index (χ0v) is 20.9. The molecule has 1 fully saturated rings. The Kier molecular flexibility index (Phi) is 8.07. The maximum Gasteiger partial charge on any atom is 0.257 e. The van der Waals surface area contributed by atoms with Crippen molar-refractivity contribution in [3.05, 3.63) is 92.6 Å². The van der Waals surface area contributed by atoms with Crippen LogP contribution in [0.25, 0.3) is 0 Å². The first kappa shape index (κ1) is 25.5. The number of likely N-dealkylation sites (tertiary alicyclic amines) is 1. The summed E-state index contributed by atoms with van der Waals surface area (Å²) in [6, 6.07) is 15.6. The number of aromatic nitrogens is 1. The van der Waals surface area contributed by atoms with E-state index in [0.717, 1.165) is 24.0 Å². The van der Waals surface area contributed by atoms with Gasteiger partial charge in [0.05, 0.1) is 28.0 Å². The second-order valence-corrected chi connectivity index (χ2v) is 9.53. The molecule has 0 radical (unpaired) electrons. The molecule has 0 bridgehead atoms. The van der Waals surface area contributed by atoms with Crippen LogP contribution in [0.2, 0.25) is 5.02 Å². The first-order valence-electron chi connectivity index (χ1n) is 12.0. The van der Waals surface area contributed by atoms with E-state index in [2.05, 4.69) is 11.4 Å². The van der Waals surface area contributed by atoms with Crippen molar-refractivity contribution < 1.29 is 9.18 Å². The Balaban J connectivity index is 1.60. The van der Waals surface area contributed by atoms with Crippen molar-refractivity contribution in [1.82, 2.24) is 9.47 Å². The van der Waals surface area contributed by atoms with Crippen molar-refractivity contribution in [2.45, 2.75) is 45.1 Å². The fraction of sp³-hybridized carbons (Fsp3) is 0.321. The third-order valence-corrected chi connectivity index (χ3v) is 6.89. The summed E-state index contributed by atoms with van der Waals surface area (Å²) < 4.78 is 14.8. The standard InChI is InChI=1S/C28H28ClFN4O2/c1-19-4-9-24(29)26(16-19)32-25-17-27(35)34(13-3-2-12-31)18-23(25)28(36)33-14-10-21(11-15-33)20-5-7-22(30)8-6-20/h4-9,16-18,21,32H,2-3,10-11,13-15H2,1H3. The number of pyridine rings is 1. The maximum atomic E-state index is 13.7. The van der Waals surface area contributed by atoms with Crippen molar-refractivity contribution in [2.75, 3.05) is 18.4 Å². The van der Waals surface area contributed by atoms with Gasteiger partial charge in [-0.3, -0.25) is 9.59 Å². The van der Waals surface area contributed by atoms with Gasteiger partial charge in [0.2, 0.25) is 0 Å². The van der Waals surface area contributed by atoms with Crippen LogP contribution in [0.5, 0.6) is 0 Å². The highest BCUT2D eigenvalue weighted by atomic mass is 35.5. The quantitative estimate of drug-likeness (QED) is 0.398. The van der Waals surface area contributed by atoms with Crippen molar-refractivity contribution in [2.24, 2.45) is 0 Å². The third kappa shape index (κ3) is 5.95. The molecule has 0 aliphatic carbocycles. The minimum Gasteiger partial charge on any atom is -0.353 e. The van der Waals surface area contributed by atoms with Crippen LogP contribution in [-0.2, 0) is 6.54 Å². The molecule has 2 heterocycles. The molecular formula is C28H28ClFN4O2. The van der Waals surface area contributed by atoms with Gasteiger partial charge in [-0.25, -0.2) is 4.39 Å². The molecule has 186 valence electrons. The first-order chi connectivity index (χ1) is 17.4. The molecule has 1 aliphatic rings. The van der Waals surface area contributed by atoms with E-state index >= 15 is 0 Å². The zero-order chi connectivity index (χ0) is 25.7. The van der Waals surface area contributed by atoms with Crippen LogP contribution in [-0.4, -0.2) is 28.5 Å². The molecule has 1 amide bonds. The van der Waals surface area contributed by atoms with Crippen molar-refractivity contribution >= 4 is 28.9 Å². The number of rotatable bonds is 7. The summed E-state index contributed by atoms with van der Waals surface area (Å²) in [5.41, 5.74) is 3.20. The van der Waals surface area contributed by atoms with Gasteiger partial charge in [-0.15, -0.1) is 0 Å². The summed E-state index contributed by atoms with van der Waals surface area (Å²) in [5.74, 6) is -0.170. The van der Waals surface area contributed by atoms with Gasteiger partial charge in [0, 0.05) is 38.3 Å². The van der Waals surface area contributed by atoms with E-state index in [9.17, 15) is 14.0 Å². The van der Waals surface area contributed by atoms with Gasteiger partial charge < -0.3 is 14.8 Å². The summed E-state index contributed by atoms with van der Waals surface area (Å²) in [4.78, 5) is 28.3. The number of halogens is 2. The fourth-order valence-corrected chi connectivity index (χ4v) is 4.72. The largest absolute Gasteiger partial charge is 0.353 e. The van der Waals surface area contributed by atoms with Crippen LogP contribution >= 0.6 is 11.6 Å². The van der Waals surface area contributed by atoms with E-state index < -0.39 is 0 Å². The molecule has 6 nitrogen and oxygen atoms in total. The summed E-state index contributed by atoms with van der Waals surface area (Å²) in [6.07, 6.45) is 3.96. The molecule has 0 spiro atoms. The summed E-state index contributed by atoms with van der Waals surface area (Å²) >= 11 is 6.37. The Morgan fingerprint density at radius 1 is 1.14 bits per heavy atom. The van der Waals surface area contributed by atoms with Crippen molar-refractivity contribution in [3.8, 4) is 6.07 Å². The fourth-order valence-electron chi connectivity index (χ4n) is 4.55. The maximum absolute atomic E-state index is 13.7. The highest BCUT2D eigenvalue weighted by Crippen LogP contribution is 2.31. The molecule has 0 saturated carbocycles. The minimum atomic E-state index is -0.259. The topological polar surface area (TPSA) is 78.1 Å². The number of unbranched alkanes of at least 4 members (excludes halogenated alkanes) is 1. The van der Waals surface area contributed by atoms with Crippen LogP contribution in [0.3, 0.4) is 0 Å². The van der Waals surface area contributed by atoms with E-state index in [0.29, 0.717) is 54.4 Å². The number of nitrogens with zero attached hydrogens (tertiary/aromatic N) is 3. The van der Waals surface area contributed by atoms with Gasteiger partial charge >= 0.3 is 0 Å². The van der Waals surface area contributed by atoms with Gasteiger partial charge in [-0.05, 0) is 67.5 Å². The number of hydrogen-bond acceptors (Lipinski definition) is 4. The highest BCUT2D eigenvalue weighted by Gasteiger charge is 2.27. The van der Waals surface area contributed by atoms with Gasteiger partial charge in [0.15, 0.2) is 0 Å². The third-order valence-electron chi connectivity index (χ3n) is 6.56. The average Bonchev–Trinajstić information content (AvgIpc) is 2.88. The number of nitriles is 1. The molecule has 1 saturated heterocycles. The Morgan fingerprint density at radius 3 is 2.56 bits per heavy atom. The van der Waals surface area contributed by atoms with Gasteiger partial charge in [0.25, 0.3) is 11.5 Å². The van der Waals surface area contributed by atoms with Gasteiger partial charge in [0.1, 0.15) is 5.82 Å². The number of piperidine rings is 1. The van der Waals surface area contributed by atoms with Crippen LogP contribution in [0.15, 0.2) is 59.5 Å². The number of benzene rings is 2. The van der Waals surface area contributed by atoms with Crippen molar-refractivity contribution in [3.63, 3.8) is 0 Å². The molecule has 8 heteroatoms. The molecule has 3 aromatic rings. The highest BCUT2D eigenvalue weighted by molar-refractivity contribution is 6.33. The van der Waals surface area contributed by atoms with Crippen LogP contribution in [0.4, 0.5) is 15.8 Å². The van der Waals surface area contributed by atoms with Gasteiger partial charge in [-0.2, -0.15) is 5.26 Å². The van der Waals surface area contributed by atoms with E-state index in [1.165, 1.54) is 22.8 Å². The zero-order valence-electron chi connectivity index (χ0n) is 20.1. The lowest BCUT2D eigenvalue weighted by atomic mass is 9.89. The van der Waals surface area contributed by atoms with Crippen LogP contribution in [0, 0.1) is 24.1 Å². The summed E-state index contributed by atoms with van der Waals surface area (Å²) in [7, 11) is 0. The van der Waals surface area contributed by atoms with Crippen molar-refractivity contribution in [1.29, 1.82) is 5.26 Å². The molecule has 2 aromatic carbocycles. The Bertz CT molecular complexity index is 1340. The summed E-state index contributed by atoms with van der Waals surface area (Å²) in [5, 5.41) is 12.5. The molecule has 36 heavy (non-hydrogen) atoms. The number of anilines is 2. The Hall–Kier alpha value is -3.63. The molecule has 4 rings (SSSR count). The molecule has 0 atom stereocenters. The lowest BCUT2D eigenvalue weighted by Crippen LogP contribution is -2.39.